The van der Waals surface area contributed by atoms with Gasteiger partial charge in [-0.1, -0.05) is 18.2 Å². The molecule has 0 fully saturated rings. The molecule has 1 heterocycles. The summed E-state index contributed by atoms with van der Waals surface area (Å²) in [5.74, 6) is 0.697. The van der Waals surface area contributed by atoms with Gasteiger partial charge >= 0.3 is 0 Å². The van der Waals surface area contributed by atoms with Gasteiger partial charge in [-0.15, -0.1) is 0 Å². The van der Waals surface area contributed by atoms with Crippen LogP contribution in [0.5, 0.6) is 5.75 Å². The van der Waals surface area contributed by atoms with Crippen LogP contribution in [-0.4, -0.2) is 43.5 Å². The molecule has 0 aliphatic carbocycles. The highest BCUT2D eigenvalue weighted by Crippen LogP contribution is 2.22. The van der Waals surface area contributed by atoms with Crippen molar-refractivity contribution in [1.82, 2.24) is 15.2 Å². The highest BCUT2D eigenvalue weighted by molar-refractivity contribution is 5.93. The number of fused-ring (bicyclic) bond motifs is 1. The van der Waals surface area contributed by atoms with E-state index in [2.05, 4.69) is 47.6 Å². The van der Waals surface area contributed by atoms with E-state index in [-0.39, 0.29) is 5.91 Å². The fourth-order valence-corrected chi connectivity index (χ4v) is 3.26. The van der Waals surface area contributed by atoms with Crippen molar-refractivity contribution in [3.63, 3.8) is 0 Å². The third-order valence-corrected chi connectivity index (χ3v) is 4.90. The van der Waals surface area contributed by atoms with Gasteiger partial charge in [-0.25, -0.2) is 0 Å². The molecule has 0 radical (unpaired) electrons. The normalized spacial score (nSPS) is 11.4. The third-order valence-electron chi connectivity index (χ3n) is 4.90. The van der Waals surface area contributed by atoms with Crippen molar-refractivity contribution in [1.29, 1.82) is 0 Å². The van der Waals surface area contributed by atoms with Crippen molar-refractivity contribution in [2.24, 2.45) is 0 Å². The van der Waals surface area contributed by atoms with E-state index in [1.807, 2.05) is 36.4 Å². The molecule has 0 aliphatic heterocycles. The van der Waals surface area contributed by atoms with Crippen molar-refractivity contribution >= 4 is 22.9 Å². The number of nitrogens with one attached hydrogen (secondary N) is 2. The lowest BCUT2D eigenvalue weighted by atomic mass is 10.1. The fraction of sp³-hybridized carbons (Fsp3) is 0.292. The Kier molecular flexibility index (Phi) is 7.09. The van der Waals surface area contributed by atoms with Gasteiger partial charge in [-0.05, 0) is 80.5 Å². The van der Waals surface area contributed by atoms with Crippen molar-refractivity contribution in [2.75, 3.05) is 27.7 Å². The summed E-state index contributed by atoms with van der Waals surface area (Å²) in [6, 6.07) is 13.9. The number of carbonyl (C=O) groups is 1. The number of ether oxygens (including phenoxy) is 1. The van der Waals surface area contributed by atoms with Gasteiger partial charge in [0.1, 0.15) is 5.75 Å². The highest BCUT2D eigenvalue weighted by Gasteiger charge is 2.05. The van der Waals surface area contributed by atoms with Gasteiger partial charge in [0.05, 0.1) is 7.11 Å². The second-order valence-electron chi connectivity index (χ2n) is 7.42. The van der Waals surface area contributed by atoms with E-state index in [0.29, 0.717) is 6.54 Å². The van der Waals surface area contributed by atoms with Crippen LogP contribution in [0, 0.1) is 0 Å². The van der Waals surface area contributed by atoms with Gasteiger partial charge in [0.15, 0.2) is 0 Å². The van der Waals surface area contributed by atoms with E-state index in [1.165, 1.54) is 10.9 Å². The van der Waals surface area contributed by atoms with E-state index in [1.54, 1.807) is 13.2 Å². The lowest BCUT2D eigenvalue weighted by Gasteiger charge is -2.08. The van der Waals surface area contributed by atoms with E-state index < -0.39 is 0 Å². The number of hydrogen-bond donors (Lipinski definition) is 2. The number of aromatic nitrogens is 1. The zero-order valence-electron chi connectivity index (χ0n) is 17.4. The summed E-state index contributed by atoms with van der Waals surface area (Å²) < 4.78 is 5.14. The molecule has 3 rings (SSSR count). The molecule has 1 aromatic heterocycles. The van der Waals surface area contributed by atoms with Crippen molar-refractivity contribution in [2.45, 2.75) is 19.4 Å². The van der Waals surface area contributed by atoms with Crippen molar-refractivity contribution in [3.8, 4) is 5.75 Å². The Balaban J connectivity index is 1.59. The molecule has 5 nitrogen and oxygen atoms in total. The summed E-state index contributed by atoms with van der Waals surface area (Å²) in [6.07, 6.45) is 7.69. The van der Waals surface area contributed by atoms with Crippen LogP contribution in [0.2, 0.25) is 0 Å². The number of rotatable bonds is 9. The average molecular weight is 392 g/mol. The van der Waals surface area contributed by atoms with Gasteiger partial charge < -0.3 is 19.9 Å². The zero-order chi connectivity index (χ0) is 20.6. The van der Waals surface area contributed by atoms with E-state index in [9.17, 15) is 4.79 Å². The van der Waals surface area contributed by atoms with Crippen LogP contribution in [0.25, 0.3) is 17.0 Å². The smallest absolute Gasteiger partial charge is 0.244 e. The van der Waals surface area contributed by atoms with E-state index in [4.69, 9.17) is 4.74 Å². The molecule has 2 N–H and O–H groups in total. The van der Waals surface area contributed by atoms with Crippen LogP contribution in [0.3, 0.4) is 0 Å². The van der Waals surface area contributed by atoms with Crippen LogP contribution in [-0.2, 0) is 17.8 Å². The Labute approximate surface area is 172 Å². The molecule has 5 heteroatoms. The van der Waals surface area contributed by atoms with Gasteiger partial charge in [0.2, 0.25) is 5.91 Å². The predicted octanol–water partition coefficient (Wildman–Crippen LogP) is 4.00. The summed E-state index contributed by atoms with van der Waals surface area (Å²) in [6.45, 7) is 1.56. The molecule has 1 amide bonds. The van der Waals surface area contributed by atoms with Crippen LogP contribution < -0.4 is 10.1 Å². The molecule has 0 unspecified atom stereocenters. The van der Waals surface area contributed by atoms with Crippen LogP contribution in [0.15, 0.2) is 54.7 Å². The van der Waals surface area contributed by atoms with Crippen LogP contribution in [0.1, 0.15) is 23.1 Å². The first-order valence-electron chi connectivity index (χ1n) is 9.89. The summed E-state index contributed by atoms with van der Waals surface area (Å²) in [7, 11) is 5.83. The number of hydrogen-bond acceptors (Lipinski definition) is 3. The molecule has 0 spiro atoms. The molecule has 3 aromatic rings. The third kappa shape index (κ3) is 5.96. The number of amides is 1. The Morgan fingerprint density at radius 3 is 2.69 bits per heavy atom. The molecule has 2 aromatic carbocycles. The summed E-state index contributed by atoms with van der Waals surface area (Å²) in [5, 5.41) is 4.14. The number of nitrogens with zero attached hydrogens (tertiary/aromatic N) is 1. The number of aromatic amines is 1. The Bertz CT molecular complexity index is 971. The largest absolute Gasteiger partial charge is 0.497 e. The standard InChI is InChI=1S/C24H29N3O2/c1-27(2)14-4-5-20-17-25-23-12-8-18(15-22(20)23)9-13-24(28)26-16-19-6-10-21(29-3)11-7-19/h6-13,15,17,25H,4-5,14,16H2,1-3H3,(H,26,28)/b13-9+. The number of methoxy groups -OCH3 is 1. The van der Waals surface area contributed by atoms with Gasteiger partial charge in [0, 0.05) is 29.7 Å². The number of H-pyrrole nitrogens is 1. The zero-order valence-corrected chi connectivity index (χ0v) is 17.4. The van der Waals surface area contributed by atoms with E-state index >= 15 is 0 Å². The van der Waals surface area contributed by atoms with Crippen LogP contribution in [0.4, 0.5) is 0 Å². The Morgan fingerprint density at radius 2 is 1.97 bits per heavy atom. The van der Waals surface area contributed by atoms with Gasteiger partial charge in [-0.3, -0.25) is 4.79 Å². The topological polar surface area (TPSA) is 57.4 Å². The molecule has 152 valence electrons. The molecular weight excluding hydrogens is 362 g/mol. The molecule has 0 saturated carbocycles. The maximum Gasteiger partial charge on any atom is 0.244 e. The van der Waals surface area contributed by atoms with Gasteiger partial charge in [-0.2, -0.15) is 0 Å². The molecule has 0 atom stereocenters. The minimum atomic E-state index is -0.110. The quantitative estimate of drug-likeness (QED) is 0.542. The lowest BCUT2D eigenvalue weighted by molar-refractivity contribution is -0.116. The van der Waals surface area contributed by atoms with Crippen LogP contribution >= 0.6 is 0 Å². The molecule has 29 heavy (non-hydrogen) atoms. The minimum Gasteiger partial charge on any atom is -0.497 e. The number of benzene rings is 2. The molecule has 0 bridgehead atoms. The second kappa shape index (κ2) is 9.94. The Morgan fingerprint density at radius 1 is 1.17 bits per heavy atom. The Hall–Kier alpha value is -3.05. The summed E-state index contributed by atoms with van der Waals surface area (Å²) >= 11 is 0. The molecule has 0 saturated heterocycles. The first-order chi connectivity index (χ1) is 14.0. The fourth-order valence-electron chi connectivity index (χ4n) is 3.26. The minimum absolute atomic E-state index is 0.110. The second-order valence-corrected chi connectivity index (χ2v) is 7.42. The first-order valence-corrected chi connectivity index (χ1v) is 9.89. The number of carbonyl (C=O) groups excluding carboxylic acids is 1. The number of aryl methyl sites for hydroxylation is 1. The predicted molar refractivity (Wildman–Crippen MR) is 119 cm³/mol. The van der Waals surface area contributed by atoms with Crippen molar-refractivity contribution < 1.29 is 9.53 Å². The summed E-state index contributed by atoms with van der Waals surface area (Å²) in [4.78, 5) is 17.7. The monoisotopic (exact) mass is 391 g/mol. The summed E-state index contributed by atoms with van der Waals surface area (Å²) in [5.41, 5.74) is 4.50. The molecular formula is C24H29N3O2. The average Bonchev–Trinajstić information content (AvgIpc) is 3.13. The highest BCUT2D eigenvalue weighted by atomic mass is 16.5. The lowest BCUT2D eigenvalue weighted by Crippen LogP contribution is -2.20. The SMILES string of the molecule is COc1ccc(CNC(=O)/C=C/c2ccc3[nH]cc(CCCN(C)C)c3c2)cc1. The molecule has 0 aliphatic rings. The first kappa shape index (κ1) is 20.7. The van der Waals surface area contributed by atoms with Gasteiger partial charge in [0.25, 0.3) is 0 Å². The van der Waals surface area contributed by atoms with E-state index in [0.717, 1.165) is 41.8 Å². The van der Waals surface area contributed by atoms with Crippen molar-refractivity contribution in [3.05, 3.63) is 71.4 Å². The maximum absolute atomic E-state index is 12.2. The maximum atomic E-state index is 12.2.